The van der Waals surface area contributed by atoms with E-state index in [4.69, 9.17) is 0 Å². The number of carbonyl (C=O) groups excluding carboxylic acids is 1. The van der Waals surface area contributed by atoms with Gasteiger partial charge < -0.3 is 0 Å². The van der Waals surface area contributed by atoms with Gasteiger partial charge in [0.2, 0.25) is 0 Å². The van der Waals surface area contributed by atoms with E-state index >= 15 is 0 Å². The molecule has 0 spiro atoms. The van der Waals surface area contributed by atoms with Crippen LogP contribution in [-0.4, -0.2) is 24.4 Å². The quantitative estimate of drug-likeness (QED) is 0.816. The van der Waals surface area contributed by atoms with Crippen LogP contribution >= 0.6 is 0 Å². The van der Waals surface area contributed by atoms with Crippen LogP contribution in [0.1, 0.15) is 23.7 Å². The fourth-order valence-electron chi connectivity index (χ4n) is 1.56. The lowest BCUT2D eigenvalue weighted by Gasteiger charge is -2.07. The van der Waals surface area contributed by atoms with E-state index in [9.17, 15) is 13.2 Å². The molecular weight excluding hydrogens is 266 g/mol. The van der Waals surface area contributed by atoms with Gasteiger partial charge in [-0.05, 0) is 12.1 Å². The molecule has 0 aliphatic heterocycles. The summed E-state index contributed by atoms with van der Waals surface area (Å²) >= 11 is 0. The maximum Gasteiger partial charge on any atom is 0.262 e. The molecule has 19 heavy (non-hydrogen) atoms. The fraction of sp³-hybridized carbons (Fsp3) is 0.167. The van der Waals surface area contributed by atoms with Crippen molar-refractivity contribution in [2.24, 2.45) is 0 Å². The molecule has 1 aromatic heterocycles. The van der Waals surface area contributed by atoms with Crippen LogP contribution in [0.25, 0.3) is 0 Å². The number of Topliss-reactive ketones (excluding diaryl/α,β-unsaturated/α-hetero) is 1. The second-order valence-corrected chi connectivity index (χ2v) is 5.58. The summed E-state index contributed by atoms with van der Waals surface area (Å²) in [6.45, 7) is 1.73. The lowest BCUT2D eigenvalue weighted by Crippen LogP contribution is -2.13. The van der Waals surface area contributed by atoms with Gasteiger partial charge in [-0.2, -0.15) is 5.10 Å². The maximum atomic E-state index is 12.1. The molecule has 0 saturated heterocycles. The van der Waals surface area contributed by atoms with Crippen molar-refractivity contribution in [3.8, 4) is 0 Å². The van der Waals surface area contributed by atoms with Crippen LogP contribution in [0.4, 0.5) is 5.69 Å². The zero-order valence-electron chi connectivity index (χ0n) is 10.3. The molecule has 2 N–H and O–H groups in total. The Hall–Kier alpha value is -2.15. The minimum Gasteiger partial charge on any atom is -0.294 e. The Morgan fingerprint density at radius 2 is 2.21 bits per heavy atom. The molecule has 1 heterocycles. The van der Waals surface area contributed by atoms with Crippen LogP contribution in [-0.2, 0) is 10.0 Å². The normalized spacial score (nSPS) is 11.2. The molecule has 0 saturated carbocycles. The van der Waals surface area contributed by atoms with Gasteiger partial charge in [-0.25, -0.2) is 8.42 Å². The molecule has 2 rings (SSSR count). The van der Waals surface area contributed by atoms with Gasteiger partial charge in [0.1, 0.15) is 0 Å². The lowest BCUT2D eigenvalue weighted by atomic mass is 10.1. The van der Waals surface area contributed by atoms with E-state index in [1.54, 1.807) is 19.1 Å². The first-order valence-electron chi connectivity index (χ1n) is 5.68. The zero-order valence-corrected chi connectivity index (χ0v) is 11.1. The summed E-state index contributed by atoms with van der Waals surface area (Å²) in [6.07, 6.45) is 3.12. The van der Waals surface area contributed by atoms with Crippen molar-refractivity contribution in [1.82, 2.24) is 10.2 Å². The number of carbonyl (C=O) groups is 1. The molecule has 0 atom stereocenters. The maximum absolute atomic E-state index is 12.1. The fourth-order valence-corrected chi connectivity index (χ4v) is 2.64. The van der Waals surface area contributed by atoms with Gasteiger partial charge in [-0.3, -0.25) is 14.6 Å². The molecule has 2 aromatic rings. The van der Waals surface area contributed by atoms with Gasteiger partial charge in [-0.1, -0.05) is 19.1 Å². The number of ketones is 1. The van der Waals surface area contributed by atoms with E-state index < -0.39 is 10.0 Å². The van der Waals surface area contributed by atoms with Crippen LogP contribution in [0, 0.1) is 0 Å². The Balaban J connectivity index is 2.33. The molecule has 0 radical (unpaired) electrons. The van der Waals surface area contributed by atoms with Crippen molar-refractivity contribution in [3.63, 3.8) is 0 Å². The summed E-state index contributed by atoms with van der Waals surface area (Å²) in [5, 5.41) is 6.16. The molecule has 0 aliphatic rings. The summed E-state index contributed by atoms with van der Waals surface area (Å²) in [6, 6.07) is 5.96. The van der Waals surface area contributed by atoms with E-state index in [0.29, 0.717) is 17.7 Å². The number of rotatable bonds is 5. The third kappa shape index (κ3) is 3.00. The Morgan fingerprint density at radius 1 is 1.42 bits per heavy atom. The highest BCUT2D eigenvalue weighted by atomic mass is 32.2. The summed E-state index contributed by atoms with van der Waals surface area (Å²) in [7, 11) is -3.71. The third-order valence-electron chi connectivity index (χ3n) is 2.54. The number of nitrogens with one attached hydrogen (secondary N) is 2. The van der Waals surface area contributed by atoms with E-state index in [1.165, 1.54) is 24.5 Å². The van der Waals surface area contributed by atoms with Crippen molar-refractivity contribution in [3.05, 3.63) is 42.2 Å². The number of aromatic nitrogens is 2. The van der Waals surface area contributed by atoms with Gasteiger partial charge in [0.15, 0.2) is 5.78 Å². The molecule has 0 fully saturated rings. The number of anilines is 1. The molecule has 6 nitrogen and oxygen atoms in total. The Labute approximate surface area is 110 Å². The molecule has 0 bridgehead atoms. The lowest BCUT2D eigenvalue weighted by molar-refractivity contribution is 0.0988. The van der Waals surface area contributed by atoms with Gasteiger partial charge in [0.25, 0.3) is 10.0 Å². The Kier molecular flexibility index (Phi) is 3.66. The van der Waals surface area contributed by atoms with Gasteiger partial charge >= 0.3 is 0 Å². The first kappa shape index (κ1) is 13.3. The highest BCUT2D eigenvalue weighted by Gasteiger charge is 2.16. The predicted octanol–water partition coefficient (Wildman–Crippen LogP) is 1.80. The summed E-state index contributed by atoms with van der Waals surface area (Å²) in [5.41, 5.74) is 0.727. The van der Waals surface area contributed by atoms with Crippen LogP contribution in [0.3, 0.4) is 0 Å². The molecule has 0 aliphatic carbocycles. The molecule has 0 unspecified atom stereocenters. The molecular formula is C12H13N3O3S. The van der Waals surface area contributed by atoms with Crippen molar-refractivity contribution in [2.75, 3.05) is 4.72 Å². The topological polar surface area (TPSA) is 91.9 Å². The highest BCUT2D eigenvalue weighted by Crippen LogP contribution is 2.16. The number of H-pyrrole nitrogens is 1. The van der Waals surface area contributed by atoms with Crippen LogP contribution in [0.5, 0.6) is 0 Å². The Bertz CT molecular complexity index is 678. The second kappa shape index (κ2) is 5.23. The standard InChI is InChI=1S/C12H13N3O3S/c1-2-12(16)9-4-3-5-11(6-9)19(17,18)15-10-7-13-14-8-10/h3-8,15H,2H2,1H3,(H,13,14). The monoisotopic (exact) mass is 279 g/mol. The molecule has 7 heteroatoms. The van der Waals surface area contributed by atoms with E-state index in [2.05, 4.69) is 14.9 Å². The number of hydrogen-bond acceptors (Lipinski definition) is 4. The van der Waals surface area contributed by atoms with Crippen LogP contribution in [0.15, 0.2) is 41.6 Å². The van der Waals surface area contributed by atoms with E-state index in [1.807, 2.05) is 0 Å². The summed E-state index contributed by atoms with van der Waals surface area (Å²) in [4.78, 5) is 11.6. The number of nitrogens with zero attached hydrogens (tertiary/aromatic N) is 1. The second-order valence-electron chi connectivity index (χ2n) is 3.90. The van der Waals surface area contributed by atoms with Crippen molar-refractivity contribution >= 4 is 21.5 Å². The third-order valence-corrected chi connectivity index (χ3v) is 3.92. The average Bonchev–Trinajstić information content (AvgIpc) is 2.90. The minimum atomic E-state index is -3.71. The first-order chi connectivity index (χ1) is 9.03. The van der Waals surface area contributed by atoms with Crippen molar-refractivity contribution in [2.45, 2.75) is 18.2 Å². The van der Waals surface area contributed by atoms with Crippen molar-refractivity contribution in [1.29, 1.82) is 0 Å². The number of aromatic amines is 1. The number of sulfonamides is 1. The molecule has 100 valence electrons. The Morgan fingerprint density at radius 3 is 2.84 bits per heavy atom. The molecule has 1 aromatic carbocycles. The molecule has 0 amide bonds. The van der Waals surface area contributed by atoms with Gasteiger partial charge in [0.05, 0.1) is 16.8 Å². The zero-order chi connectivity index (χ0) is 13.9. The smallest absolute Gasteiger partial charge is 0.262 e. The van der Waals surface area contributed by atoms with Gasteiger partial charge in [-0.15, -0.1) is 0 Å². The number of hydrogen-bond donors (Lipinski definition) is 2. The predicted molar refractivity (Wildman–Crippen MR) is 70.5 cm³/mol. The van der Waals surface area contributed by atoms with Crippen LogP contribution in [0.2, 0.25) is 0 Å². The van der Waals surface area contributed by atoms with E-state index in [-0.39, 0.29) is 10.7 Å². The first-order valence-corrected chi connectivity index (χ1v) is 7.16. The average molecular weight is 279 g/mol. The highest BCUT2D eigenvalue weighted by molar-refractivity contribution is 7.92. The minimum absolute atomic E-state index is 0.0491. The van der Waals surface area contributed by atoms with E-state index in [0.717, 1.165) is 0 Å². The van der Waals surface area contributed by atoms with Gasteiger partial charge in [0, 0.05) is 18.2 Å². The summed E-state index contributed by atoms with van der Waals surface area (Å²) in [5.74, 6) is -0.0969. The summed E-state index contributed by atoms with van der Waals surface area (Å²) < 4.78 is 26.6. The van der Waals surface area contributed by atoms with Crippen LogP contribution < -0.4 is 4.72 Å². The SMILES string of the molecule is CCC(=O)c1cccc(S(=O)(=O)Nc2cn[nH]c2)c1. The van der Waals surface area contributed by atoms with Crippen molar-refractivity contribution < 1.29 is 13.2 Å². The largest absolute Gasteiger partial charge is 0.294 e. The number of benzene rings is 1.